The number of aryl methyl sites for hydroxylation is 1. The van der Waals surface area contributed by atoms with Gasteiger partial charge in [0.15, 0.2) is 0 Å². The molecule has 0 spiro atoms. The molecular weight excluding hydrogens is 310 g/mol. The molecule has 1 atom stereocenters. The molecule has 25 heavy (non-hydrogen) atoms. The molecule has 2 aromatic carbocycles. The lowest BCUT2D eigenvalue weighted by atomic mass is 10.0. The second-order valence-corrected chi connectivity index (χ2v) is 6.45. The Kier molecular flexibility index (Phi) is 5.19. The molecule has 0 saturated heterocycles. The zero-order valence-electron chi connectivity index (χ0n) is 14.8. The van der Waals surface area contributed by atoms with Crippen molar-refractivity contribution in [2.75, 3.05) is 6.54 Å². The molecule has 0 aliphatic rings. The van der Waals surface area contributed by atoms with Gasteiger partial charge >= 0.3 is 0 Å². The summed E-state index contributed by atoms with van der Waals surface area (Å²) in [6.45, 7) is 5.31. The van der Waals surface area contributed by atoms with Gasteiger partial charge in [-0.2, -0.15) is 0 Å². The first kappa shape index (κ1) is 17.2. The van der Waals surface area contributed by atoms with E-state index in [-0.39, 0.29) is 5.91 Å². The maximum Gasteiger partial charge on any atom is 0.240 e. The highest BCUT2D eigenvalue weighted by Crippen LogP contribution is 2.19. The third-order valence-electron chi connectivity index (χ3n) is 4.75. The predicted molar refractivity (Wildman–Crippen MR) is 102 cm³/mol. The summed E-state index contributed by atoms with van der Waals surface area (Å²) in [5.74, 6) is -0.00367. The van der Waals surface area contributed by atoms with E-state index in [9.17, 15) is 4.79 Å². The number of amides is 1. The van der Waals surface area contributed by atoms with Gasteiger partial charge in [-0.1, -0.05) is 42.5 Å². The fraction of sp³-hybridized carbons (Fsp3) is 0.286. The standard InChI is InChI=1S/C21H25N3O/c1-3-24(14-16-9-5-4-8-15(16)2)21(25)19(22)12-17-13-23-20-11-7-6-10-18(17)20/h4-11,13,19,23H,3,12,14,22H2,1-2H3/t19-/m0/s1. The van der Waals surface area contributed by atoms with E-state index in [0.29, 0.717) is 19.5 Å². The van der Waals surface area contributed by atoms with Crippen LogP contribution in [0.1, 0.15) is 23.6 Å². The van der Waals surface area contributed by atoms with Crippen LogP contribution in [0.2, 0.25) is 0 Å². The van der Waals surface area contributed by atoms with Crippen molar-refractivity contribution in [3.63, 3.8) is 0 Å². The van der Waals surface area contributed by atoms with Crippen molar-refractivity contribution in [1.82, 2.24) is 9.88 Å². The Morgan fingerprint density at radius 3 is 2.60 bits per heavy atom. The SMILES string of the molecule is CCN(Cc1ccccc1C)C(=O)[C@@H](N)Cc1c[nH]c2ccccc12. The molecule has 0 aliphatic heterocycles. The number of likely N-dealkylation sites (N-methyl/N-ethyl adjacent to an activating group) is 1. The number of aromatic nitrogens is 1. The molecule has 1 heterocycles. The molecule has 0 unspecified atom stereocenters. The van der Waals surface area contributed by atoms with Crippen molar-refractivity contribution in [1.29, 1.82) is 0 Å². The molecule has 0 saturated carbocycles. The fourth-order valence-corrected chi connectivity index (χ4v) is 3.20. The van der Waals surface area contributed by atoms with E-state index >= 15 is 0 Å². The van der Waals surface area contributed by atoms with Gasteiger partial charge in [-0.15, -0.1) is 0 Å². The van der Waals surface area contributed by atoms with Crippen molar-refractivity contribution < 1.29 is 4.79 Å². The number of carbonyl (C=O) groups is 1. The van der Waals surface area contributed by atoms with Crippen molar-refractivity contribution >= 4 is 16.8 Å². The number of nitrogens with zero attached hydrogens (tertiary/aromatic N) is 1. The molecular formula is C21H25N3O. The number of hydrogen-bond donors (Lipinski definition) is 2. The third-order valence-corrected chi connectivity index (χ3v) is 4.75. The highest BCUT2D eigenvalue weighted by Gasteiger charge is 2.21. The minimum atomic E-state index is -0.539. The van der Waals surface area contributed by atoms with E-state index in [0.717, 1.165) is 22.0 Å². The molecule has 130 valence electrons. The summed E-state index contributed by atoms with van der Waals surface area (Å²) in [5.41, 5.74) is 10.8. The second-order valence-electron chi connectivity index (χ2n) is 6.45. The first-order valence-electron chi connectivity index (χ1n) is 8.74. The summed E-state index contributed by atoms with van der Waals surface area (Å²) in [4.78, 5) is 17.9. The number of carbonyl (C=O) groups excluding carboxylic acids is 1. The van der Waals surface area contributed by atoms with Gasteiger partial charge in [0.2, 0.25) is 5.91 Å². The number of H-pyrrole nitrogens is 1. The summed E-state index contributed by atoms with van der Waals surface area (Å²) in [5, 5.41) is 1.13. The summed E-state index contributed by atoms with van der Waals surface area (Å²) >= 11 is 0. The molecule has 0 bridgehead atoms. The Morgan fingerprint density at radius 2 is 1.84 bits per heavy atom. The van der Waals surface area contributed by atoms with Crippen molar-refractivity contribution in [3.8, 4) is 0 Å². The third kappa shape index (κ3) is 3.74. The van der Waals surface area contributed by atoms with Crippen LogP contribution in [-0.4, -0.2) is 28.4 Å². The zero-order valence-corrected chi connectivity index (χ0v) is 14.8. The monoisotopic (exact) mass is 335 g/mol. The van der Waals surface area contributed by atoms with Crippen LogP contribution in [0.15, 0.2) is 54.7 Å². The number of hydrogen-bond acceptors (Lipinski definition) is 2. The average Bonchev–Trinajstić information content (AvgIpc) is 3.03. The van der Waals surface area contributed by atoms with Crippen LogP contribution in [0.4, 0.5) is 0 Å². The molecule has 3 N–H and O–H groups in total. The van der Waals surface area contributed by atoms with E-state index in [1.54, 1.807) is 0 Å². The Morgan fingerprint density at radius 1 is 1.12 bits per heavy atom. The van der Waals surface area contributed by atoms with E-state index in [1.807, 2.05) is 48.4 Å². The molecule has 4 nitrogen and oxygen atoms in total. The van der Waals surface area contributed by atoms with Crippen LogP contribution >= 0.6 is 0 Å². The lowest BCUT2D eigenvalue weighted by molar-refractivity contribution is -0.133. The van der Waals surface area contributed by atoms with Crippen molar-refractivity contribution in [2.24, 2.45) is 5.73 Å². The Balaban J connectivity index is 1.73. The molecule has 3 rings (SSSR count). The summed E-state index contributed by atoms with van der Waals surface area (Å²) < 4.78 is 0. The van der Waals surface area contributed by atoms with Crippen molar-refractivity contribution in [3.05, 3.63) is 71.4 Å². The average molecular weight is 335 g/mol. The van der Waals surface area contributed by atoms with Crippen LogP contribution in [0, 0.1) is 6.92 Å². The minimum Gasteiger partial charge on any atom is -0.361 e. The van der Waals surface area contributed by atoms with Gasteiger partial charge in [0.25, 0.3) is 0 Å². The number of benzene rings is 2. The summed E-state index contributed by atoms with van der Waals surface area (Å²) in [6, 6.07) is 15.7. The smallest absolute Gasteiger partial charge is 0.240 e. The highest BCUT2D eigenvalue weighted by atomic mass is 16.2. The lowest BCUT2D eigenvalue weighted by Crippen LogP contribution is -2.44. The molecule has 0 fully saturated rings. The molecule has 3 aromatic rings. The number of rotatable bonds is 6. The first-order chi connectivity index (χ1) is 12.1. The van der Waals surface area contributed by atoms with Crippen LogP contribution < -0.4 is 5.73 Å². The highest BCUT2D eigenvalue weighted by molar-refractivity contribution is 5.86. The molecule has 0 aliphatic carbocycles. The minimum absolute atomic E-state index is 0.00367. The topological polar surface area (TPSA) is 62.1 Å². The maximum atomic E-state index is 12.8. The van der Waals surface area contributed by atoms with Crippen LogP contribution in [0.25, 0.3) is 10.9 Å². The number of aromatic amines is 1. The largest absolute Gasteiger partial charge is 0.361 e. The van der Waals surface area contributed by atoms with Crippen LogP contribution in [0.3, 0.4) is 0 Å². The van der Waals surface area contributed by atoms with Gasteiger partial charge in [0, 0.05) is 30.2 Å². The zero-order chi connectivity index (χ0) is 17.8. The van der Waals surface area contributed by atoms with Crippen molar-refractivity contribution in [2.45, 2.75) is 32.9 Å². The summed E-state index contributed by atoms with van der Waals surface area (Å²) in [6.07, 6.45) is 2.49. The van der Waals surface area contributed by atoms with Crippen LogP contribution in [0.5, 0.6) is 0 Å². The van der Waals surface area contributed by atoms with E-state index in [2.05, 4.69) is 30.1 Å². The Labute approximate surface area is 148 Å². The molecule has 0 radical (unpaired) electrons. The molecule has 1 amide bonds. The molecule has 1 aromatic heterocycles. The molecule has 4 heteroatoms. The Hall–Kier alpha value is -2.59. The number of para-hydroxylation sites is 1. The number of fused-ring (bicyclic) bond motifs is 1. The second kappa shape index (κ2) is 7.53. The first-order valence-corrected chi connectivity index (χ1v) is 8.74. The van der Waals surface area contributed by atoms with Gasteiger partial charge in [0.05, 0.1) is 6.04 Å². The van der Waals surface area contributed by atoms with Crippen LogP contribution in [-0.2, 0) is 17.8 Å². The number of nitrogens with one attached hydrogen (secondary N) is 1. The van der Waals surface area contributed by atoms with E-state index in [4.69, 9.17) is 5.73 Å². The van der Waals surface area contributed by atoms with Gasteiger partial charge < -0.3 is 15.6 Å². The Bertz CT molecular complexity index is 868. The van der Waals surface area contributed by atoms with Gasteiger partial charge in [-0.25, -0.2) is 0 Å². The quantitative estimate of drug-likeness (QED) is 0.725. The number of nitrogens with two attached hydrogens (primary N) is 1. The van der Waals surface area contributed by atoms with Gasteiger partial charge in [0.1, 0.15) is 0 Å². The normalized spacial score (nSPS) is 12.3. The predicted octanol–water partition coefficient (Wildman–Crippen LogP) is 3.39. The lowest BCUT2D eigenvalue weighted by Gasteiger charge is -2.25. The maximum absolute atomic E-state index is 12.8. The summed E-state index contributed by atoms with van der Waals surface area (Å²) in [7, 11) is 0. The fourth-order valence-electron chi connectivity index (χ4n) is 3.20. The van der Waals surface area contributed by atoms with E-state index < -0.39 is 6.04 Å². The van der Waals surface area contributed by atoms with E-state index in [1.165, 1.54) is 5.56 Å². The van der Waals surface area contributed by atoms with Gasteiger partial charge in [-0.05, 0) is 43.0 Å². The van der Waals surface area contributed by atoms with Gasteiger partial charge in [-0.3, -0.25) is 4.79 Å².